The van der Waals surface area contributed by atoms with E-state index in [1.165, 1.54) is 6.20 Å². The molecule has 1 aliphatic heterocycles. The molecule has 0 saturated carbocycles. The first-order valence-corrected chi connectivity index (χ1v) is 8.17. The summed E-state index contributed by atoms with van der Waals surface area (Å²) in [5.74, 6) is 1.43. The summed E-state index contributed by atoms with van der Waals surface area (Å²) in [6.07, 6.45) is 5.49. The van der Waals surface area contributed by atoms with Crippen LogP contribution in [0.3, 0.4) is 0 Å². The molecule has 3 rings (SSSR count). The first kappa shape index (κ1) is 16.2. The maximum Gasteiger partial charge on any atom is 0.254 e. The lowest BCUT2D eigenvalue weighted by Crippen LogP contribution is -2.41. The third-order valence-electron chi connectivity index (χ3n) is 4.29. The van der Waals surface area contributed by atoms with Gasteiger partial charge in [0.05, 0.1) is 11.3 Å². The van der Waals surface area contributed by atoms with Gasteiger partial charge in [0, 0.05) is 32.0 Å². The molecule has 126 valence electrons. The van der Waals surface area contributed by atoms with Gasteiger partial charge < -0.3 is 16.0 Å². The van der Waals surface area contributed by atoms with Crippen molar-refractivity contribution in [1.82, 2.24) is 20.3 Å². The maximum atomic E-state index is 12.3. The molecule has 1 amide bonds. The standard InChI is InChI=1S/C17H22N6O/c1-12-14(10-21-17(18)22-12)16(24)20-9-13-5-4-8-23(11-13)15-6-2-3-7-19-15/h2-3,6-7,10,13H,4-5,8-9,11H2,1H3,(H,20,24)(H2,18,21,22)/t13-/m1/s1. The van der Waals surface area contributed by atoms with E-state index in [9.17, 15) is 4.79 Å². The Morgan fingerprint density at radius 2 is 2.29 bits per heavy atom. The second-order valence-corrected chi connectivity index (χ2v) is 6.08. The van der Waals surface area contributed by atoms with Gasteiger partial charge in [0.25, 0.3) is 5.91 Å². The monoisotopic (exact) mass is 326 g/mol. The Labute approximate surface area is 141 Å². The average molecular weight is 326 g/mol. The number of anilines is 2. The molecule has 24 heavy (non-hydrogen) atoms. The number of hydrogen-bond donors (Lipinski definition) is 2. The fraction of sp³-hybridized carbons (Fsp3) is 0.412. The van der Waals surface area contributed by atoms with Crippen molar-refractivity contribution in [2.75, 3.05) is 30.3 Å². The summed E-state index contributed by atoms with van der Waals surface area (Å²) in [5.41, 5.74) is 6.59. The van der Waals surface area contributed by atoms with Gasteiger partial charge in [-0.25, -0.2) is 15.0 Å². The number of aromatic nitrogens is 3. The molecule has 7 nitrogen and oxygen atoms in total. The quantitative estimate of drug-likeness (QED) is 0.882. The molecule has 1 atom stereocenters. The van der Waals surface area contributed by atoms with Crippen LogP contribution in [0.2, 0.25) is 0 Å². The molecule has 0 bridgehead atoms. The van der Waals surface area contributed by atoms with E-state index in [1.54, 1.807) is 6.92 Å². The summed E-state index contributed by atoms with van der Waals surface area (Å²) in [6.45, 7) is 4.29. The Morgan fingerprint density at radius 3 is 3.04 bits per heavy atom. The van der Waals surface area contributed by atoms with Crippen LogP contribution >= 0.6 is 0 Å². The third-order valence-corrected chi connectivity index (χ3v) is 4.29. The van der Waals surface area contributed by atoms with Crippen molar-refractivity contribution in [3.05, 3.63) is 41.9 Å². The summed E-state index contributed by atoms with van der Waals surface area (Å²) in [4.78, 5) is 26.9. The Morgan fingerprint density at radius 1 is 1.42 bits per heavy atom. The van der Waals surface area contributed by atoms with Crippen LogP contribution in [0.1, 0.15) is 28.9 Å². The van der Waals surface area contributed by atoms with E-state index in [0.29, 0.717) is 23.7 Å². The number of nitrogens with two attached hydrogens (primary N) is 1. The number of rotatable bonds is 4. The van der Waals surface area contributed by atoms with Crippen LogP contribution in [-0.4, -0.2) is 40.5 Å². The summed E-state index contributed by atoms with van der Waals surface area (Å²) < 4.78 is 0. The van der Waals surface area contributed by atoms with Gasteiger partial charge in [0.1, 0.15) is 5.82 Å². The van der Waals surface area contributed by atoms with Gasteiger partial charge in [0.15, 0.2) is 0 Å². The lowest BCUT2D eigenvalue weighted by molar-refractivity contribution is 0.0944. The predicted molar refractivity (Wildman–Crippen MR) is 92.7 cm³/mol. The number of aryl methyl sites for hydroxylation is 1. The van der Waals surface area contributed by atoms with E-state index in [0.717, 1.165) is 31.7 Å². The second kappa shape index (κ2) is 7.25. The second-order valence-electron chi connectivity index (χ2n) is 6.08. The van der Waals surface area contributed by atoms with Crippen LogP contribution in [0.5, 0.6) is 0 Å². The van der Waals surface area contributed by atoms with Gasteiger partial charge in [-0.3, -0.25) is 4.79 Å². The molecule has 0 aliphatic carbocycles. The van der Waals surface area contributed by atoms with Crippen LogP contribution in [0, 0.1) is 12.8 Å². The molecule has 7 heteroatoms. The van der Waals surface area contributed by atoms with Gasteiger partial charge in [-0.2, -0.15) is 0 Å². The normalized spacial score (nSPS) is 17.5. The molecular weight excluding hydrogens is 304 g/mol. The van der Waals surface area contributed by atoms with E-state index >= 15 is 0 Å². The highest BCUT2D eigenvalue weighted by Gasteiger charge is 2.22. The van der Waals surface area contributed by atoms with Gasteiger partial charge in [-0.1, -0.05) is 6.07 Å². The highest BCUT2D eigenvalue weighted by atomic mass is 16.1. The lowest BCUT2D eigenvalue weighted by atomic mass is 9.98. The molecule has 1 aliphatic rings. The summed E-state index contributed by atoms with van der Waals surface area (Å²) in [5, 5.41) is 2.99. The van der Waals surface area contributed by atoms with Gasteiger partial charge >= 0.3 is 0 Å². The zero-order chi connectivity index (χ0) is 16.9. The van der Waals surface area contributed by atoms with Crippen LogP contribution < -0.4 is 16.0 Å². The highest BCUT2D eigenvalue weighted by molar-refractivity contribution is 5.94. The Hall–Kier alpha value is -2.70. The first-order valence-electron chi connectivity index (χ1n) is 8.17. The smallest absolute Gasteiger partial charge is 0.254 e. The van der Waals surface area contributed by atoms with Crippen LogP contribution in [0.25, 0.3) is 0 Å². The molecular formula is C17H22N6O. The molecule has 1 fully saturated rings. The van der Waals surface area contributed by atoms with E-state index in [-0.39, 0.29) is 11.9 Å². The number of nitrogen functional groups attached to an aromatic ring is 1. The Balaban J connectivity index is 1.57. The predicted octanol–water partition coefficient (Wildman–Crippen LogP) is 1.41. The largest absolute Gasteiger partial charge is 0.368 e. The van der Waals surface area contributed by atoms with Crippen molar-refractivity contribution >= 4 is 17.7 Å². The number of nitrogens with one attached hydrogen (secondary N) is 1. The van der Waals surface area contributed by atoms with E-state index in [2.05, 4.69) is 25.2 Å². The molecule has 2 aromatic heterocycles. The molecule has 0 radical (unpaired) electrons. The minimum absolute atomic E-state index is 0.151. The van der Waals surface area contributed by atoms with Gasteiger partial charge in [-0.05, 0) is 37.8 Å². The Bertz CT molecular complexity index is 705. The average Bonchev–Trinajstić information content (AvgIpc) is 2.61. The molecule has 1 saturated heterocycles. The van der Waals surface area contributed by atoms with E-state index < -0.39 is 0 Å². The zero-order valence-corrected chi connectivity index (χ0v) is 13.8. The number of hydrogen-bond acceptors (Lipinski definition) is 6. The van der Waals surface area contributed by atoms with Crippen molar-refractivity contribution < 1.29 is 4.79 Å². The maximum absolute atomic E-state index is 12.3. The minimum Gasteiger partial charge on any atom is -0.368 e. The van der Waals surface area contributed by atoms with Crippen LogP contribution in [-0.2, 0) is 0 Å². The SMILES string of the molecule is Cc1nc(N)ncc1C(=O)NC[C@H]1CCCN(c2ccccn2)C1. The van der Waals surface area contributed by atoms with Crippen molar-refractivity contribution in [3.63, 3.8) is 0 Å². The molecule has 2 aromatic rings. The first-order chi connectivity index (χ1) is 11.6. The molecule has 0 spiro atoms. The number of nitrogens with zero attached hydrogens (tertiary/aromatic N) is 4. The number of pyridine rings is 1. The van der Waals surface area contributed by atoms with E-state index in [1.807, 2.05) is 24.4 Å². The van der Waals surface area contributed by atoms with Gasteiger partial charge in [-0.15, -0.1) is 0 Å². The fourth-order valence-corrected chi connectivity index (χ4v) is 3.02. The van der Waals surface area contributed by atoms with Crippen molar-refractivity contribution in [2.45, 2.75) is 19.8 Å². The van der Waals surface area contributed by atoms with Crippen molar-refractivity contribution in [1.29, 1.82) is 0 Å². The topological polar surface area (TPSA) is 97.0 Å². The van der Waals surface area contributed by atoms with E-state index in [4.69, 9.17) is 5.73 Å². The van der Waals surface area contributed by atoms with Crippen molar-refractivity contribution in [3.8, 4) is 0 Å². The zero-order valence-electron chi connectivity index (χ0n) is 13.8. The summed E-state index contributed by atoms with van der Waals surface area (Å²) in [7, 11) is 0. The molecule has 0 aromatic carbocycles. The summed E-state index contributed by atoms with van der Waals surface area (Å²) >= 11 is 0. The van der Waals surface area contributed by atoms with Crippen LogP contribution in [0.4, 0.5) is 11.8 Å². The fourth-order valence-electron chi connectivity index (χ4n) is 3.02. The van der Waals surface area contributed by atoms with Crippen molar-refractivity contribution in [2.24, 2.45) is 5.92 Å². The molecule has 3 N–H and O–H groups in total. The molecule has 3 heterocycles. The molecule has 0 unspecified atom stereocenters. The minimum atomic E-state index is -0.151. The number of amides is 1. The Kier molecular flexibility index (Phi) is 4.88. The third kappa shape index (κ3) is 3.79. The number of carbonyl (C=O) groups is 1. The lowest BCUT2D eigenvalue weighted by Gasteiger charge is -2.33. The summed E-state index contributed by atoms with van der Waals surface area (Å²) in [6, 6.07) is 5.94. The number of piperidine rings is 1. The highest BCUT2D eigenvalue weighted by Crippen LogP contribution is 2.20. The number of carbonyl (C=O) groups excluding carboxylic acids is 1. The van der Waals surface area contributed by atoms with Gasteiger partial charge in [0.2, 0.25) is 5.95 Å². The van der Waals surface area contributed by atoms with Crippen LogP contribution in [0.15, 0.2) is 30.6 Å².